The van der Waals surface area contributed by atoms with E-state index in [1.165, 1.54) is 5.56 Å². The van der Waals surface area contributed by atoms with Crippen LogP contribution in [0.4, 0.5) is 4.79 Å². The second kappa shape index (κ2) is 9.00. The second-order valence-corrected chi connectivity index (χ2v) is 5.36. The molecule has 0 unspecified atom stereocenters. The molecule has 1 N–H and O–H groups in total. The summed E-state index contributed by atoms with van der Waals surface area (Å²) in [6.07, 6.45) is 2.05. The van der Waals surface area contributed by atoms with Gasteiger partial charge in [0, 0.05) is 38.6 Å². The molecule has 23 heavy (non-hydrogen) atoms. The van der Waals surface area contributed by atoms with Crippen molar-refractivity contribution in [2.24, 2.45) is 0 Å². The van der Waals surface area contributed by atoms with Gasteiger partial charge in [-0.25, -0.2) is 4.79 Å². The third-order valence-corrected chi connectivity index (χ3v) is 3.65. The molecule has 1 heterocycles. The van der Waals surface area contributed by atoms with Crippen LogP contribution < -0.4 is 5.32 Å². The van der Waals surface area contributed by atoms with Gasteiger partial charge in [-0.2, -0.15) is 0 Å². The van der Waals surface area contributed by atoms with Gasteiger partial charge in [0.05, 0.1) is 13.2 Å². The van der Waals surface area contributed by atoms with E-state index in [0.29, 0.717) is 26.2 Å². The van der Waals surface area contributed by atoms with E-state index in [1.54, 1.807) is 12.0 Å². The molecule has 2 rings (SSSR count). The van der Waals surface area contributed by atoms with E-state index in [0.717, 1.165) is 12.2 Å². The first-order valence-corrected chi connectivity index (χ1v) is 7.94. The fourth-order valence-electron chi connectivity index (χ4n) is 2.44. The lowest BCUT2D eigenvalue weighted by Crippen LogP contribution is -2.41. The first-order valence-electron chi connectivity index (χ1n) is 7.94. The number of amides is 2. The van der Waals surface area contributed by atoms with Crippen LogP contribution in [0.2, 0.25) is 0 Å². The van der Waals surface area contributed by atoms with Gasteiger partial charge >= 0.3 is 6.03 Å². The lowest BCUT2D eigenvalue weighted by molar-refractivity contribution is 0.145. The molecule has 0 aliphatic rings. The number of carbonyl (C=O) groups is 1. The number of methoxy groups -OCH3 is 1. The molecule has 0 fully saturated rings. The molecule has 0 aliphatic carbocycles. The Morgan fingerprint density at radius 2 is 2.00 bits per heavy atom. The molecule has 0 atom stereocenters. The number of nitrogens with zero attached hydrogens (tertiary/aromatic N) is 2. The van der Waals surface area contributed by atoms with Crippen molar-refractivity contribution < 1.29 is 9.53 Å². The number of benzene rings is 1. The molecule has 0 saturated carbocycles. The monoisotopic (exact) mass is 315 g/mol. The summed E-state index contributed by atoms with van der Waals surface area (Å²) in [5, 5.41) is 2.86. The Balaban J connectivity index is 2.07. The summed E-state index contributed by atoms with van der Waals surface area (Å²) in [6, 6.07) is 14.3. The van der Waals surface area contributed by atoms with Gasteiger partial charge in [-0.3, -0.25) is 0 Å². The molecule has 124 valence electrons. The predicted octanol–water partition coefficient (Wildman–Crippen LogP) is 2.71. The lowest BCUT2D eigenvalue weighted by atomic mass is 10.2. The fraction of sp³-hybridized carbons (Fsp3) is 0.389. The van der Waals surface area contributed by atoms with Crippen LogP contribution in [0.25, 0.3) is 0 Å². The van der Waals surface area contributed by atoms with Crippen LogP contribution >= 0.6 is 0 Å². The van der Waals surface area contributed by atoms with Crippen molar-refractivity contribution in [2.75, 3.05) is 26.8 Å². The number of carbonyl (C=O) groups excluding carboxylic acids is 1. The Labute approximate surface area is 137 Å². The van der Waals surface area contributed by atoms with Crippen molar-refractivity contribution in [3.63, 3.8) is 0 Å². The van der Waals surface area contributed by atoms with Crippen LogP contribution in [0, 0.1) is 0 Å². The average molecular weight is 315 g/mol. The number of urea groups is 1. The van der Waals surface area contributed by atoms with Crippen LogP contribution in [0.3, 0.4) is 0 Å². The molecule has 0 spiro atoms. The second-order valence-electron chi connectivity index (χ2n) is 5.36. The van der Waals surface area contributed by atoms with E-state index in [9.17, 15) is 4.79 Å². The zero-order chi connectivity index (χ0) is 16.5. The van der Waals surface area contributed by atoms with Crippen molar-refractivity contribution >= 4 is 6.03 Å². The van der Waals surface area contributed by atoms with Crippen molar-refractivity contribution in [3.05, 3.63) is 59.9 Å². The number of hydrogen-bond acceptors (Lipinski definition) is 2. The maximum Gasteiger partial charge on any atom is 0.317 e. The Kier molecular flexibility index (Phi) is 6.69. The van der Waals surface area contributed by atoms with Gasteiger partial charge in [0.1, 0.15) is 0 Å². The smallest absolute Gasteiger partial charge is 0.317 e. The molecule has 5 nitrogen and oxygen atoms in total. The summed E-state index contributed by atoms with van der Waals surface area (Å²) < 4.78 is 7.29. The fourth-order valence-corrected chi connectivity index (χ4v) is 2.44. The van der Waals surface area contributed by atoms with E-state index >= 15 is 0 Å². The standard InChI is InChI=1S/C18H25N3O2/c1-3-19-18(22)21(12-13-23-2)15-17-10-7-11-20(17)14-16-8-5-4-6-9-16/h4-11H,3,12-15H2,1-2H3,(H,19,22). The molecule has 2 aromatic rings. The van der Waals surface area contributed by atoms with Gasteiger partial charge < -0.3 is 19.5 Å². The van der Waals surface area contributed by atoms with Crippen LogP contribution in [0.1, 0.15) is 18.2 Å². The number of hydrogen-bond donors (Lipinski definition) is 1. The van der Waals surface area contributed by atoms with Crippen molar-refractivity contribution in [1.82, 2.24) is 14.8 Å². The summed E-state index contributed by atoms with van der Waals surface area (Å²) in [7, 11) is 1.65. The highest BCUT2D eigenvalue weighted by atomic mass is 16.5. The van der Waals surface area contributed by atoms with Gasteiger partial charge in [0.2, 0.25) is 0 Å². The van der Waals surface area contributed by atoms with Crippen molar-refractivity contribution in [1.29, 1.82) is 0 Å². The molecule has 0 aliphatic heterocycles. The first kappa shape index (κ1) is 17.1. The Morgan fingerprint density at radius 1 is 1.22 bits per heavy atom. The molecular formula is C18H25N3O2. The van der Waals surface area contributed by atoms with E-state index < -0.39 is 0 Å². The summed E-state index contributed by atoms with van der Waals surface area (Å²) in [5.41, 5.74) is 2.35. The van der Waals surface area contributed by atoms with Gasteiger partial charge in [0.15, 0.2) is 0 Å². The number of nitrogens with one attached hydrogen (secondary N) is 1. The highest BCUT2D eigenvalue weighted by Gasteiger charge is 2.14. The largest absolute Gasteiger partial charge is 0.383 e. The molecule has 1 aromatic carbocycles. The molecule has 0 saturated heterocycles. The quantitative estimate of drug-likeness (QED) is 0.814. The van der Waals surface area contributed by atoms with E-state index in [-0.39, 0.29) is 6.03 Å². The number of ether oxygens (including phenoxy) is 1. The minimum Gasteiger partial charge on any atom is -0.383 e. The molecule has 2 amide bonds. The third kappa shape index (κ3) is 5.14. The highest BCUT2D eigenvalue weighted by Crippen LogP contribution is 2.11. The maximum atomic E-state index is 12.2. The molecule has 0 bridgehead atoms. The first-order chi connectivity index (χ1) is 11.2. The average Bonchev–Trinajstić information content (AvgIpc) is 2.99. The summed E-state index contributed by atoms with van der Waals surface area (Å²) in [6.45, 7) is 5.00. The Bertz CT molecular complexity index is 595. The zero-order valence-corrected chi connectivity index (χ0v) is 13.9. The topological polar surface area (TPSA) is 46.5 Å². The zero-order valence-electron chi connectivity index (χ0n) is 13.9. The molecule has 5 heteroatoms. The van der Waals surface area contributed by atoms with Gasteiger partial charge in [0.25, 0.3) is 0 Å². The predicted molar refractivity (Wildman–Crippen MR) is 91.3 cm³/mol. The van der Waals surface area contributed by atoms with Gasteiger partial charge in [-0.1, -0.05) is 30.3 Å². The van der Waals surface area contributed by atoms with Crippen LogP contribution in [-0.4, -0.2) is 42.3 Å². The Hall–Kier alpha value is -2.27. The minimum atomic E-state index is -0.0583. The minimum absolute atomic E-state index is 0.0583. The normalized spacial score (nSPS) is 10.5. The van der Waals surface area contributed by atoms with E-state index in [2.05, 4.69) is 34.3 Å². The molecular weight excluding hydrogens is 290 g/mol. The van der Waals surface area contributed by atoms with Crippen LogP contribution in [0.5, 0.6) is 0 Å². The Morgan fingerprint density at radius 3 is 2.70 bits per heavy atom. The third-order valence-electron chi connectivity index (χ3n) is 3.65. The van der Waals surface area contributed by atoms with Crippen LogP contribution in [-0.2, 0) is 17.8 Å². The van der Waals surface area contributed by atoms with Crippen LogP contribution in [0.15, 0.2) is 48.7 Å². The number of rotatable bonds is 8. The summed E-state index contributed by atoms with van der Waals surface area (Å²) in [4.78, 5) is 14.0. The van der Waals surface area contributed by atoms with E-state index in [1.807, 2.05) is 31.2 Å². The van der Waals surface area contributed by atoms with Crippen molar-refractivity contribution in [3.8, 4) is 0 Å². The lowest BCUT2D eigenvalue weighted by Gasteiger charge is -2.23. The van der Waals surface area contributed by atoms with E-state index in [4.69, 9.17) is 4.74 Å². The SMILES string of the molecule is CCNC(=O)N(CCOC)Cc1cccn1Cc1ccccc1. The van der Waals surface area contributed by atoms with Gasteiger partial charge in [-0.05, 0) is 24.6 Å². The summed E-state index contributed by atoms with van der Waals surface area (Å²) in [5.74, 6) is 0. The highest BCUT2D eigenvalue weighted by molar-refractivity contribution is 5.74. The maximum absolute atomic E-state index is 12.2. The number of aromatic nitrogens is 1. The molecule has 1 aromatic heterocycles. The molecule has 0 radical (unpaired) electrons. The van der Waals surface area contributed by atoms with Gasteiger partial charge in [-0.15, -0.1) is 0 Å². The summed E-state index contributed by atoms with van der Waals surface area (Å²) >= 11 is 0. The van der Waals surface area contributed by atoms with Crippen molar-refractivity contribution in [2.45, 2.75) is 20.0 Å².